The van der Waals surface area contributed by atoms with Crippen molar-refractivity contribution in [3.05, 3.63) is 0 Å². The van der Waals surface area contributed by atoms with Crippen LogP contribution in [0.1, 0.15) is 32.6 Å². The summed E-state index contributed by atoms with van der Waals surface area (Å²) >= 11 is 0. The molecular weight excluding hydrogens is 188 g/mol. The maximum Gasteiger partial charge on any atom is 0.0663 e. The Bertz CT molecular complexity index is 198. The number of hydrogen-bond acceptors (Lipinski definition) is 3. The highest BCUT2D eigenvalue weighted by Crippen LogP contribution is 2.34. The third kappa shape index (κ3) is 2.52. The van der Waals surface area contributed by atoms with Crippen molar-refractivity contribution >= 4 is 0 Å². The molecule has 0 aromatic heterocycles. The van der Waals surface area contributed by atoms with Gasteiger partial charge >= 0.3 is 0 Å². The van der Waals surface area contributed by atoms with Crippen LogP contribution in [0, 0.1) is 5.92 Å². The lowest BCUT2D eigenvalue weighted by Gasteiger charge is -2.39. The van der Waals surface area contributed by atoms with Crippen LogP contribution in [0.2, 0.25) is 0 Å². The van der Waals surface area contributed by atoms with Crippen LogP contribution in [-0.2, 0) is 4.74 Å². The molecule has 2 fully saturated rings. The van der Waals surface area contributed by atoms with Crippen molar-refractivity contribution in [2.45, 2.75) is 38.1 Å². The van der Waals surface area contributed by atoms with E-state index in [1.807, 2.05) is 0 Å². The summed E-state index contributed by atoms with van der Waals surface area (Å²) in [6.45, 7) is 7.16. The van der Waals surface area contributed by atoms with Gasteiger partial charge in [0.05, 0.1) is 12.1 Å². The Morgan fingerprint density at radius 1 is 1.47 bits per heavy atom. The van der Waals surface area contributed by atoms with E-state index in [2.05, 4.69) is 11.8 Å². The second-order valence-corrected chi connectivity index (χ2v) is 5.12. The molecule has 2 N–H and O–H groups in total. The first-order valence-corrected chi connectivity index (χ1v) is 6.33. The molecule has 15 heavy (non-hydrogen) atoms. The number of hydrogen-bond donors (Lipinski definition) is 1. The van der Waals surface area contributed by atoms with Gasteiger partial charge in [0.1, 0.15) is 0 Å². The summed E-state index contributed by atoms with van der Waals surface area (Å²) < 4.78 is 5.56. The molecule has 2 aliphatic rings. The standard InChI is InChI=1S/C12H24N2O/c1-2-6-14(8-11-3-4-11)12(9-13)5-7-15-10-12/h11H,2-10,13H2,1H3. The number of nitrogens with zero attached hydrogens (tertiary/aromatic N) is 1. The zero-order valence-electron chi connectivity index (χ0n) is 9.87. The first-order valence-electron chi connectivity index (χ1n) is 6.33. The van der Waals surface area contributed by atoms with Crippen molar-refractivity contribution in [2.75, 3.05) is 32.8 Å². The van der Waals surface area contributed by atoms with Crippen molar-refractivity contribution in [3.8, 4) is 0 Å². The molecule has 1 aliphatic carbocycles. The lowest BCUT2D eigenvalue weighted by Crippen LogP contribution is -2.55. The summed E-state index contributed by atoms with van der Waals surface area (Å²) in [6, 6.07) is 0. The molecule has 3 heteroatoms. The highest BCUT2D eigenvalue weighted by molar-refractivity contribution is 4.96. The number of rotatable bonds is 6. The Hall–Kier alpha value is -0.120. The third-order valence-electron chi connectivity index (χ3n) is 3.80. The van der Waals surface area contributed by atoms with Gasteiger partial charge in [0, 0.05) is 19.7 Å². The molecule has 0 radical (unpaired) electrons. The van der Waals surface area contributed by atoms with Crippen LogP contribution in [0.3, 0.4) is 0 Å². The van der Waals surface area contributed by atoms with Gasteiger partial charge in [-0.15, -0.1) is 0 Å². The molecule has 0 aromatic rings. The lowest BCUT2D eigenvalue weighted by molar-refractivity contribution is 0.0676. The van der Waals surface area contributed by atoms with E-state index in [-0.39, 0.29) is 5.54 Å². The van der Waals surface area contributed by atoms with Crippen LogP contribution >= 0.6 is 0 Å². The third-order valence-corrected chi connectivity index (χ3v) is 3.80. The quantitative estimate of drug-likeness (QED) is 0.719. The topological polar surface area (TPSA) is 38.5 Å². The molecule has 1 atom stereocenters. The zero-order chi connectivity index (χ0) is 10.7. The van der Waals surface area contributed by atoms with E-state index in [1.165, 1.54) is 32.4 Å². The normalized spacial score (nSPS) is 31.4. The molecule has 0 spiro atoms. The van der Waals surface area contributed by atoms with E-state index >= 15 is 0 Å². The number of ether oxygens (including phenoxy) is 1. The predicted molar refractivity (Wildman–Crippen MR) is 61.8 cm³/mol. The lowest BCUT2D eigenvalue weighted by atomic mass is 9.95. The highest BCUT2D eigenvalue weighted by atomic mass is 16.5. The van der Waals surface area contributed by atoms with Crippen LogP contribution in [0.4, 0.5) is 0 Å². The van der Waals surface area contributed by atoms with Gasteiger partial charge in [-0.25, -0.2) is 0 Å². The van der Waals surface area contributed by atoms with Gasteiger partial charge in [0.15, 0.2) is 0 Å². The van der Waals surface area contributed by atoms with E-state index in [1.54, 1.807) is 0 Å². The van der Waals surface area contributed by atoms with Crippen molar-refractivity contribution < 1.29 is 4.74 Å². The van der Waals surface area contributed by atoms with Crippen LogP contribution in [0.25, 0.3) is 0 Å². The zero-order valence-corrected chi connectivity index (χ0v) is 9.87. The van der Waals surface area contributed by atoms with Gasteiger partial charge in [0.25, 0.3) is 0 Å². The van der Waals surface area contributed by atoms with Crippen molar-refractivity contribution in [2.24, 2.45) is 11.7 Å². The highest BCUT2D eigenvalue weighted by Gasteiger charge is 2.41. The summed E-state index contributed by atoms with van der Waals surface area (Å²) in [6.07, 6.45) is 5.17. The largest absolute Gasteiger partial charge is 0.379 e. The Morgan fingerprint density at radius 3 is 2.73 bits per heavy atom. The molecule has 0 aromatic carbocycles. The van der Waals surface area contributed by atoms with Crippen LogP contribution in [-0.4, -0.2) is 43.3 Å². The van der Waals surface area contributed by atoms with Crippen molar-refractivity contribution in [1.82, 2.24) is 4.90 Å². The SMILES string of the molecule is CCCN(CC1CC1)C1(CN)CCOC1. The van der Waals surface area contributed by atoms with Gasteiger partial charge in [-0.1, -0.05) is 6.92 Å². The molecular formula is C12H24N2O. The van der Waals surface area contributed by atoms with E-state index in [9.17, 15) is 0 Å². The van der Waals surface area contributed by atoms with Gasteiger partial charge in [0.2, 0.25) is 0 Å². The summed E-state index contributed by atoms with van der Waals surface area (Å²) in [4.78, 5) is 2.61. The van der Waals surface area contributed by atoms with Crippen LogP contribution < -0.4 is 5.73 Å². The van der Waals surface area contributed by atoms with E-state index in [0.29, 0.717) is 0 Å². The first kappa shape index (κ1) is 11.4. The first-order chi connectivity index (χ1) is 7.30. The molecule has 0 bridgehead atoms. The predicted octanol–water partition coefficient (Wildman–Crippen LogP) is 1.23. The summed E-state index contributed by atoms with van der Waals surface area (Å²) in [5.41, 5.74) is 6.14. The minimum atomic E-state index is 0.165. The molecule has 3 nitrogen and oxygen atoms in total. The average molecular weight is 212 g/mol. The molecule has 2 rings (SSSR count). The summed E-state index contributed by atoms with van der Waals surface area (Å²) in [5.74, 6) is 0.945. The minimum absolute atomic E-state index is 0.165. The molecule has 1 aliphatic heterocycles. The fraction of sp³-hybridized carbons (Fsp3) is 1.00. The Morgan fingerprint density at radius 2 is 2.27 bits per heavy atom. The van der Waals surface area contributed by atoms with Crippen molar-refractivity contribution in [3.63, 3.8) is 0 Å². The van der Waals surface area contributed by atoms with Crippen molar-refractivity contribution in [1.29, 1.82) is 0 Å². The smallest absolute Gasteiger partial charge is 0.0663 e. The molecule has 1 saturated carbocycles. The van der Waals surface area contributed by atoms with Gasteiger partial charge in [-0.05, 0) is 38.1 Å². The van der Waals surface area contributed by atoms with Gasteiger partial charge in [-0.3, -0.25) is 4.90 Å². The fourth-order valence-corrected chi connectivity index (χ4v) is 2.54. The monoisotopic (exact) mass is 212 g/mol. The van der Waals surface area contributed by atoms with E-state index < -0.39 is 0 Å². The van der Waals surface area contributed by atoms with Gasteiger partial charge < -0.3 is 10.5 Å². The van der Waals surface area contributed by atoms with E-state index in [4.69, 9.17) is 10.5 Å². The van der Waals surface area contributed by atoms with Crippen LogP contribution in [0.15, 0.2) is 0 Å². The molecule has 88 valence electrons. The maximum absolute atomic E-state index is 5.97. The summed E-state index contributed by atoms with van der Waals surface area (Å²) in [7, 11) is 0. The Balaban J connectivity index is 1.98. The molecule has 1 heterocycles. The number of nitrogens with two attached hydrogens (primary N) is 1. The molecule has 0 amide bonds. The maximum atomic E-state index is 5.97. The summed E-state index contributed by atoms with van der Waals surface area (Å²) in [5, 5.41) is 0. The Labute approximate surface area is 93.0 Å². The minimum Gasteiger partial charge on any atom is -0.379 e. The Kier molecular flexibility index (Phi) is 3.65. The fourth-order valence-electron chi connectivity index (χ4n) is 2.54. The molecule has 1 saturated heterocycles. The van der Waals surface area contributed by atoms with Gasteiger partial charge in [-0.2, -0.15) is 0 Å². The average Bonchev–Trinajstić information content (AvgIpc) is 2.94. The van der Waals surface area contributed by atoms with Crippen LogP contribution in [0.5, 0.6) is 0 Å². The second kappa shape index (κ2) is 4.81. The van der Waals surface area contributed by atoms with E-state index in [0.717, 1.165) is 32.1 Å². The molecule has 1 unspecified atom stereocenters. The second-order valence-electron chi connectivity index (χ2n) is 5.12.